The van der Waals surface area contributed by atoms with E-state index in [2.05, 4.69) is 21.4 Å². The molecule has 1 aromatic carbocycles. The summed E-state index contributed by atoms with van der Waals surface area (Å²) >= 11 is 0. The molecular weight excluding hydrogens is 539 g/mol. The highest BCUT2D eigenvalue weighted by Crippen LogP contribution is 2.38. The van der Waals surface area contributed by atoms with Gasteiger partial charge in [-0.25, -0.2) is 19.2 Å². The Bertz CT molecular complexity index is 1640. The van der Waals surface area contributed by atoms with Gasteiger partial charge in [-0.3, -0.25) is 4.90 Å². The molecule has 11 heteroatoms. The van der Waals surface area contributed by atoms with Crippen LogP contribution >= 0.6 is 0 Å². The smallest absolute Gasteiger partial charge is 0.352 e. The normalized spacial score (nSPS) is 18.5. The van der Waals surface area contributed by atoms with E-state index in [4.69, 9.17) is 24.7 Å². The number of nitrogens with zero attached hydrogens (tertiary/aromatic N) is 5. The van der Waals surface area contributed by atoms with Gasteiger partial charge in [0.2, 0.25) is 5.88 Å². The molecule has 2 aliphatic heterocycles. The molecule has 5 heterocycles. The number of piperidine rings is 1. The maximum Gasteiger partial charge on any atom is 0.352 e. The van der Waals surface area contributed by atoms with Crippen LogP contribution in [-0.4, -0.2) is 61.3 Å². The van der Waals surface area contributed by atoms with Gasteiger partial charge >= 0.3 is 5.97 Å². The van der Waals surface area contributed by atoms with Crippen LogP contribution in [0.25, 0.3) is 11.2 Å². The lowest BCUT2D eigenvalue weighted by atomic mass is 9.73. The number of aromatic nitrogens is 4. The van der Waals surface area contributed by atoms with Crippen molar-refractivity contribution in [3.63, 3.8) is 0 Å². The summed E-state index contributed by atoms with van der Waals surface area (Å²) in [6, 6.07) is 13.6. The molecule has 0 unspecified atom stereocenters. The molecule has 0 saturated carbocycles. The van der Waals surface area contributed by atoms with Crippen LogP contribution in [0.2, 0.25) is 0 Å². The summed E-state index contributed by atoms with van der Waals surface area (Å²) in [6.45, 7) is 5.98. The highest BCUT2D eigenvalue weighted by Gasteiger charge is 2.36. The summed E-state index contributed by atoms with van der Waals surface area (Å²) in [4.78, 5) is 26.6. The van der Waals surface area contributed by atoms with Gasteiger partial charge in [0, 0.05) is 23.7 Å². The topological polar surface area (TPSA) is 129 Å². The zero-order valence-electron chi connectivity index (χ0n) is 23.5. The van der Waals surface area contributed by atoms with Crippen molar-refractivity contribution >= 4 is 17.1 Å². The minimum Gasteiger partial charge on any atom is -0.477 e. The minimum absolute atomic E-state index is 0.0292. The Kier molecular flexibility index (Phi) is 7.66. The highest BCUT2D eigenvalue weighted by atomic mass is 19.1. The quantitative estimate of drug-likeness (QED) is 0.278. The fraction of sp³-hybridized carbons (Fsp3) is 0.419. The van der Waals surface area contributed by atoms with E-state index in [0.29, 0.717) is 30.0 Å². The van der Waals surface area contributed by atoms with Gasteiger partial charge in [-0.05, 0) is 63.0 Å². The maximum atomic E-state index is 14.3. The molecule has 6 rings (SSSR count). The number of nitriles is 1. The Morgan fingerprint density at radius 3 is 2.74 bits per heavy atom. The molecule has 0 amide bonds. The van der Waals surface area contributed by atoms with Crippen LogP contribution in [-0.2, 0) is 29.8 Å². The van der Waals surface area contributed by atoms with Gasteiger partial charge in [0.1, 0.15) is 35.1 Å². The third-order valence-electron chi connectivity index (χ3n) is 8.70. The van der Waals surface area contributed by atoms with E-state index in [1.807, 2.05) is 18.2 Å². The zero-order chi connectivity index (χ0) is 29.3. The van der Waals surface area contributed by atoms with Gasteiger partial charge in [0.15, 0.2) is 0 Å². The molecule has 2 aliphatic rings. The molecule has 1 atom stereocenters. The summed E-state index contributed by atoms with van der Waals surface area (Å²) < 4.78 is 27.9. The number of H-pyrrole nitrogens is 1. The number of benzene rings is 1. The Hall–Kier alpha value is -4.27. The molecule has 0 spiro atoms. The van der Waals surface area contributed by atoms with Crippen molar-refractivity contribution in [3.05, 3.63) is 76.6 Å². The number of imidazole rings is 1. The number of carboxylic acid groups (broad SMARTS) is 1. The number of carboxylic acids is 1. The Morgan fingerprint density at radius 2 is 2.07 bits per heavy atom. The summed E-state index contributed by atoms with van der Waals surface area (Å²) in [7, 11) is 0. The Labute approximate surface area is 242 Å². The monoisotopic (exact) mass is 572 g/mol. The molecule has 3 aromatic heterocycles. The number of ether oxygens (including phenoxy) is 2. The molecule has 10 nitrogen and oxygen atoms in total. The van der Waals surface area contributed by atoms with Crippen LogP contribution in [0.5, 0.6) is 5.88 Å². The van der Waals surface area contributed by atoms with E-state index in [9.17, 15) is 14.3 Å². The molecule has 2 N–H and O–H groups in total. The summed E-state index contributed by atoms with van der Waals surface area (Å²) in [5.74, 6) is -0.126. The predicted octanol–water partition coefficient (Wildman–Crippen LogP) is 4.78. The van der Waals surface area contributed by atoms with Gasteiger partial charge in [-0.2, -0.15) is 5.26 Å². The third kappa shape index (κ3) is 5.47. The van der Waals surface area contributed by atoms with E-state index in [1.165, 1.54) is 6.07 Å². The van der Waals surface area contributed by atoms with E-state index in [1.54, 1.807) is 24.3 Å². The van der Waals surface area contributed by atoms with Gasteiger partial charge in [0.05, 0.1) is 36.5 Å². The van der Waals surface area contributed by atoms with Gasteiger partial charge < -0.3 is 24.1 Å². The lowest BCUT2D eigenvalue weighted by molar-refractivity contribution is -0.0593. The number of fused-ring (bicyclic) bond motifs is 1. The van der Waals surface area contributed by atoms with Crippen LogP contribution in [0.4, 0.5) is 4.39 Å². The van der Waals surface area contributed by atoms with E-state index < -0.39 is 11.8 Å². The average molecular weight is 573 g/mol. The molecule has 42 heavy (non-hydrogen) atoms. The fourth-order valence-corrected chi connectivity index (χ4v) is 5.92. The first-order valence-corrected chi connectivity index (χ1v) is 14.3. The number of carbonyl (C=O) groups is 1. The second-order valence-electron chi connectivity index (χ2n) is 11.1. The Balaban J connectivity index is 1.14. The SMILES string of the molecule is CCC1(c2cccc(OCc3ccc(C#N)cc3F)n2)CCN(Cc2nc3cc(C(=O)O)[nH]c3n2C[C@@H]2CCO2)CC1. The number of aromatic carboxylic acids is 1. The first-order chi connectivity index (χ1) is 20.4. The highest BCUT2D eigenvalue weighted by molar-refractivity contribution is 5.91. The van der Waals surface area contributed by atoms with Gasteiger partial charge in [-0.1, -0.05) is 19.1 Å². The third-order valence-corrected chi connectivity index (χ3v) is 8.70. The summed E-state index contributed by atoms with van der Waals surface area (Å²) in [5.41, 5.74) is 3.03. The van der Waals surface area contributed by atoms with Crippen LogP contribution in [0.3, 0.4) is 0 Å². The number of hydrogen-bond acceptors (Lipinski definition) is 7. The van der Waals surface area contributed by atoms with Crippen LogP contribution < -0.4 is 4.74 Å². The number of hydrogen-bond donors (Lipinski definition) is 2. The molecule has 2 fully saturated rings. The average Bonchev–Trinajstić information content (AvgIpc) is 3.53. The number of likely N-dealkylation sites (tertiary alicyclic amines) is 1. The van der Waals surface area contributed by atoms with Crippen molar-refractivity contribution < 1.29 is 23.8 Å². The fourth-order valence-electron chi connectivity index (χ4n) is 5.92. The Morgan fingerprint density at radius 1 is 1.26 bits per heavy atom. The second kappa shape index (κ2) is 11.5. The number of nitrogens with one attached hydrogen (secondary N) is 1. The van der Waals surface area contributed by atoms with Crippen molar-refractivity contribution in [2.75, 3.05) is 19.7 Å². The number of rotatable bonds is 10. The minimum atomic E-state index is -1.00. The maximum absolute atomic E-state index is 14.3. The molecule has 2 saturated heterocycles. The molecule has 0 aliphatic carbocycles. The van der Waals surface area contributed by atoms with Crippen molar-refractivity contribution in [3.8, 4) is 11.9 Å². The molecule has 218 valence electrons. The lowest BCUT2D eigenvalue weighted by Gasteiger charge is -2.41. The molecule has 4 aromatic rings. The second-order valence-corrected chi connectivity index (χ2v) is 11.1. The number of halogens is 1. The molecule has 0 radical (unpaired) electrons. The zero-order valence-corrected chi connectivity index (χ0v) is 23.5. The van der Waals surface area contributed by atoms with Crippen molar-refractivity contribution in [1.29, 1.82) is 5.26 Å². The first-order valence-electron chi connectivity index (χ1n) is 14.3. The van der Waals surface area contributed by atoms with Crippen molar-refractivity contribution in [2.24, 2.45) is 0 Å². The summed E-state index contributed by atoms with van der Waals surface area (Å²) in [6.07, 6.45) is 3.85. The summed E-state index contributed by atoms with van der Waals surface area (Å²) in [5, 5.41) is 18.4. The van der Waals surface area contributed by atoms with Crippen molar-refractivity contribution in [2.45, 2.75) is 63.8 Å². The number of aromatic amines is 1. The largest absolute Gasteiger partial charge is 0.477 e. The van der Waals surface area contributed by atoms with Crippen LogP contribution in [0.15, 0.2) is 42.5 Å². The lowest BCUT2D eigenvalue weighted by Crippen LogP contribution is -2.43. The van der Waals surface area contributed by atoms with Crippen LogP contribution in [0, 0.1) is 17.1 Å². The van der Waals surface area contributed by atoms with E-state index >= 15 is 0 Å². The van der Waals surface area contributed by atoms with Crippen LogP contribution in [0.1, 0.15) is 65.7 Å². The van der Waals surface area contributed by atoms with Crippen molar-refractivity contribution in [1.82, 2.24) is 24.4 Å². The predicted molar refractivity (Wildman–Crippen MR) is 152 cm³/mol. The van der Waals surface area contributed by atoms with Gasteiger partial charge in [-0.15, -0.1) is 0 Å². The standard InChI is InChI=1S/C31H33FN6O4/c1-2-31(26-4-3-5-28(36-26)42-19-21-7-6-20(16-33)14-23(21)32)9-11-37(12-10-31)18-27-34-24-15-25(30(39)40)35-29(24)38(27)17-22-8-13-41-22/h3-7,14-15,22,35H,2,8-13,17-19H2,1H3,(H,39,40)/t22-/m0/s1. The molecular formula is C31H33FN6O4. The van der Waals surface area contributed by atoms with E-state index in [0.717, 1.165) is 62.5 Å². The van der Waals surface area contributed by atoms with E-state index in [-0.39, 0.29) is 29.4 Å². The first kappa shape index (κ1) is 27.9. The number of pyridine rings is 1. The van der Waals surface area contributed by atoms with Gasteiger partial charge in [0.25, 0.3) is 0 Å². The molecule has 0 bridgehead atoms.